The predicted molar refractivity (Wildman–Crippen MR) is 84.7 cm³/mol. The van der Waals surface area contributed by atoms with Crippen LogP contribution < -0.4 is 10.1 Å². The molecule has 0 radical (unpaired) electrons. The topological polar surface area (TPSA) is 34.1 Å². The van der Waals surface area contributed by atoms with Crippen LogP contribution in [0.15, 0.2) is 72.8 Å². The van der Waals surface area contributed by atoms with Crippen molar-refractivity contribution in [1.82, 2.24) is 4.98 Å². The number of anilines is 2. The molecule has 1 aromatic heterocycles. The first-order valence-corrected chi connectivity index (χ1v) is 6.96. The molecule has 3 aromatic rings. The second-order valence-electron chi connectivity index (χ2n) is 4.77. The number of ether oxygens (including phenoxy) is 1. The Hall–Kier alpha value is -2.88. The van der Waals surface area contributed by atoms with Crippen molar-refractivity contribution in [2.45, 2.75) is 6.61 Å². The van der Waals surface area contributed by atoms with Gasteiger partial charge in [-0.3, -0.25) is 0 Å². The lowest BCUT2D eigenvalue weighted by atomic mass is 10.2. The third-order valence-electron chi connectivity index (χ3n) is 3.09. The first-order valence-electron chi connectivity index (χ1n) is 6.96. The molecule has 0 aliphatic rings. The van der Waals surface area contributed by atoms with Gasteiger partial charge in [0.1, 0.15) is 18.2 Å². The minimum absolute atomic E-state index is 0.470. The summed E-state index contributed by atoms with van der Waals surface area (Å²) in [5.41, 5.74) is 1.94. The van der Waals surface area contributed by atoms with Crippen molar-refractivity contribution in [2.75, 3.05) is 5.32 Å². The Morgan fingerprint density at radius 3 is 2.36 bits per heavy atom. The van der Waals surface area contributed by atoms with Crippen molar-refractivity contribution in [3.05, 3.63) is 84.3 Å². The highest BCUT2D eigenvalue weighted by molar-refractivity contribution is 5.56. The second kappa shape index (κ2) is 6.72. The lowest BCUT2D eigenvalue weighted by Crippen LogP contribution is -1.96. The van der Waals surface area contributed by atoms with Crippen LogP contribution >= 0.6 is 0 Å². The van der Waals surface area contributed by atoms with E-state index in [1.807, 2.05) is 54.6 Å². The quantitative estimate of drug-likeness (QED) is 0.701. The van der Waals surface area contributed by atoms with Gasteiger partial charge < -0.3 is 10.1 Å². The average molecular weight is 294 g/mol. The third kappa shape index (κ3) is 3.82. The summed E-state index contributed by atoms with van der Waals surface area (Å²) in [4.78, 5) is 3.76. The molecule has 0 unspecified atom stereocenters. The molecule has 0 fully saturated rings. The normalized spacial score (nSPS) is 10.2. The molecule has 2 aromatic carbocycles. The highest BCUT2D eigenvalue weighted by Gasteiger charge is 1.99. The van der Waals surface area contributed by atoms with E-state index in [9.17, 15) is 4.39 Å². The number of halogens is 1. The van der Waals surface area contributed by atoms with E-state index in [0.717, 1.165) is 17.0 Å². The van der Waals surface area contributed by atoms with Crippen LogP contribution in [0.2, 0.25) is 0 Å². The fraction of sp³-hybridized carbons (Fsp3) is 0.0556. The van der Waals surface area contributed by atoms with Crippen molar-refractivity contribution >= 4 is 11.5 Å². The van der Waals surface area contributed by atoms with Gasteiger partial charge in [-0.15, -0.1) is 0 Å². The zero-order valence-corrected chi connectivity index (χ0v) is 11.9. The fourth-order valence-corrected chi connectivity index (χ4v) is 2.00. The van der Waals surface area contributed by atoms with E-state index in [-0.39, 0.29) is 0 Å². The Morgan fingerprint density at radius 1 is 0.864 bits per heavy atom. The maximum atomic E-state index is 13.0. The van der Waals surface area contributed by atoms with Crippen molar-refractivity contribution in [3.8, 4) is 5.75 Å². The number of nitrogens with zero attached hydrogens (tertiary/aromatic N) is 1. The summed E-state index contributed by atoms with van der Waals surface area (Å²) >= 11 is 0. The smallest absolute Gasteiger partial charge is 0.214 e. The molecule has 0 spiro atoms. The van der Waals surface area contributed by atoms with Crippen LogP contribution in [-0.4, -0.2) is 4.98 Å². The van der Waals surface area contributed by atoms with E-state index in [4.69, 9.17) is 4.74 Å². The molecule has 3 rings (SSSR count). The highest BCUT2D eigenvalue weighted by atomic mass is 19.1. The molecular formula is C18H15FN2O. The lowest BCUT2D eigenvalue weighted by Gasteiger charge is -2.08. The number of pyridine rings is 1. The molecule has 110 valence electrons. The summed E-state index contributed by atoms with van der Waals surface area (Å²) in [7, 11) is 0. The largest absolute Gasteiger partial charge is 0.489 e. The van der Waals surface area contributed by atoms with E-state index >= 15 is 0 Å². The predicted octanol–water partition coefficient (Wildman–Crippen LogP) is 4.54. The van der Waals surface area contributed by atoms with E-state index < -0.39 is 5.95 Å². The Balaban J connectivity index is 1.60. The Kier molecular flexibility index (Phi) is 4.30. The number of hydrogen-bond donors (Lipinski definition) is 1. The molecule has 0 bridgehead atoms. The van der Waals surface area contributed by atoms with Gasteiger partial charge in [0.05, 0.1) is 0 Å². The third-order valence-corrected chi connectivity index (χ3v) is 3.09. The number of aromatic nitrogens is 1. The standard InChI is InChI=1S/C18H15FN2O/c19-17-7-4-8-18(21-17)20-15-9-11-16(12-10-15)22-13-14-5-2-1-3-6-14/h1-12H,13H2,(H,20,21). The molecule has 22 heavy (non-hydrogen) atoms. The van der Waals surface area contributed by atoms with Crippen molar-refractivity contribution in [2.24, 2.45) is 0 Å². The van der Waals surface area contributed by atoms with Crippen LogP contribution in [0.5, 0.6) is 5.75 Å². The highest BCUT2D eigenvalue weighted by Crippen LogP contribution is 2.19. The van der Waals surface area contributed by atoms with Gasteiger partial charge >= 0.3 is 0 Å². The first-order chi connectivity index (χ1) is 10.8. The van der Waals surface area contributed by atoms with Gasteiger partial charge in [-0.2, -0.15) is 4.39 Å². The van der Waals surface area contributed by atoms with Crippen LogP contribution in [0.1, 0.15) is 5.56 Å². The number of nitrogens with one attached hydrogen (secondary N) is 1. The van der Waals surface area contributed by atoms with Gasteiger partial charge in [0.25, 0.3) is 0 Å². The van der Waals surface area contributed by atoms with E-state index in [0.29, 0.717) is 12.4 Å². The van der Waals surface area contributed by atoms with Gasteiger partial charge in [0.15, 0.2) is 0 Å². The van der Waals surface area contributed by atoms with Crippen LogP contribution in [0.3, 0.4) is 0 Å². The Labute approximate surface area is 128 Å². The van der Waals surface area contributed by atoms with Crippen molar-refractivity contribution < 1.29 is 9.13 Å². The maximum Gasteiger partial charge on any atom is 0.214 e. The molecule has 1 heterocycles. The minimum Gasteiger partial charge on any atom is -0.489 e. The van der Waals surface area contributed by atoms with Gasteiger partial charge in [-0.25, -0.2) is 4.98 Å². The fourth-order valence-electron chi connectivity index (χ4n) is 2.00. The zero-order valence-electron chi connectivity index (χ0n) is 11.9. The molecule has 0 saturated heterocycles. The van der Waals surface area contributed by atoms with E-state index in [1.54, 1.807) is 12.1 Å². The van der Waals surface area contributed by atoms with Crippen LogP contribution in [0.25, 0.3) is 0 Å². The Bertz CT molecular complexity index is 730. The number of rotatable bonds is 5. The summed E-state index contributed by atoms with van der Waals surface area (Å²) in [5, 5.41) is 3.04. The van der Waals surface area contributed by atoms with Crippen molar-refractivity contribution in [1.29, 1.82) is 0 Å². The van der Waals surface area contributed by atoms with Crippen molar-refractivity contribution in [3.63, 3.8) is 0 Å². The number of hydrogen-bond acceptors (Lipinski definition) is 3. The van der Waals surface area contributed by atoms with E-state index in [1.165, 1.54) is 6.07 Å². The van der Waals surface area contributed by atoms with Gasteiger partial charge in [-0.1, -0.05) is 36.4 Å². The molecule has 0 aliphatic heterocycles. The minimum atomic E-state index is -0.507. The van der Waals surface area contributed by atoms with Gasteiger partial charge in [-0.05, 0) is 42.0 Å². The van der Waals surface area contributed by atoms with E-state index in [2.05, 4.69) is 10.3 Å². The lowest BCUT2D eigenvalue weighted by molar-refractivity contribution is 0.306. The molecule has 0 atom stereocenters. The molecule has 3 nitrogen and oxygen atoms in total. The maximum absolute atomic E-state index is 13.0. The summed E-state index contributed by atoms with van der Waals surface area (Å²) < 4.78 is 18.7. The molecule has 4 heteroatoms. The molecule has 0 amide bonds. The second-order valence-corrected chi connectivity index (χ2v) is 4.77. The van der Waals surface area contributed by atoms with Crippen LogP contribution in [0, 0.1) is 5.95 Å². The SMILES string of the molecule is Fc1cccc(Nc2ccc(OCc3ccccc3)cc2)n1. The first kappa shape index (κ1) is 14.1. The average Bonchev–Trinajstić information content (AvgIpc) is 2.55. The number of benzene rings is 2. The van der Waals surface area contributed by atoms with Gasteiger partial charge in [0, 0.05) is 5.69 Å². The summed E-state index contributed by atoms with van der Waals surface area (Å²) in [5.74, 6) is 0.743. The molecular weight excluding hydrogens is 279 g/mol. The summed E-state index contributed by atoms with van der Waals surface area (Å²) in [6.45, 7) is 0.527. The monoisotopic (exact) mass is 294 g/mol. The van der Waals surface area contributed by atoms with Crippen LogP contribution in [-0.2, 0) is 6.61 Å². The van der Waals surface area contributed by atoms with Crippen LogP contribution in [0.4, 0.5) is 15.9 Å². The summed E-state index contributed by atoms with van der Waals surface area (Å²) in [6, 6.07) is 22.1. The Morgan fingerprint density at radius 2 is 1.64 bits per heavy atom. The molecule has 1 N–H and O–H groups in total. The van der Waals surface area contributed by atoms with Gasteiger partial charge in [0.2, 0.25) is 5.95 Å². The zero-order chi connectivity index (χ0) is 15.2. The molecule has 0 saturated carbocycles. The molecule has 0 aliphatic carbocycles. The summed E-state index contributed by atoms with van der Waals surface area (Å²) in [6.07, 6.45) is 0.